The van der Waals surface area contributed by atoms with Gasteiger partial charge in [0.1, 0.15) is 0 Å². The summed E-state index contributed by atoms with van der Waals surface area (Å²) in [6.07, 6.45) is 0.845. The van der Waals surface area contributed by atoms with E-state index in [2.05, 4.69) is 23.6 Å². The Balaban J connectivity index is 1.72. The van der Waals surface area contributed by atoms with Crippen LogP contribution in [-0.2, 0) is 17.8 Å². The van der Waals surface area contributed by atoms with Gasteiger partial charge in [-0.05, 0) is 35.7 Å². The van der Waals surface area contributed by atoms with Crippen LogP contribution in [0.4, 0.5) is 5.69 Å². The van der Waals surface area contributed by atoms with Gasteiger partial charge < -0.3 is 10.6 Å². The maximum atomic E-state index is 12.5. The lowest BCUT2D eigenvalue weighted by molar-refractivity contribution is -0.118. The normalized spacial score (nSPS) is 16.0. The fourth-order valence-electron chi connectivity index (χ4n) is 2.77. The Morgan fingerprint density at radius 3 is 2.71 bits per heavy atom. The SMILES string of the molecule is CCNCc1ccccc1NC(=O)C1Cc2ccccc21. The van der Waals surface area contributed by atoms with Crippen molar-refractivity contribution in [1.29, 1.82) is 0 Å². The maximum Gasteiger partial charge on any atom is 0.232 e. The number of carbonyl (C=O) groups excluding carboxylic acids is 1. The largest absolute Gasteiger partial charge is 0.325 e. The van der Waals surface area contributed by atoms with E-state index < -0.39 is 0 Å². The summed E-state index contributed by atoms with van der Waals surface area (Å²) in [4.78, 5) is 12.5. The molecule has 1 aliphatic rings. The summed E-state index contributed by atoms with van der Waals surface area (Å²) >= 11 is 0. The molecule has 0 saturated heterocycles. The van der Waals surface area contributed by atoms with Crippen LogP contribution >= 0.6 is 0 Å². The van der Waals surface area contributed by atoms with Gasteiger partial charge in [-0.15, -0.1) is 0 Å². The molecule has 3 rings (SSSR count). The molecule has 1 amide bonds. The lowest BCUT2D eigenvalue weighted by atomic mass is 9.77. The van der Waals surface area contributed by atoms with Gasteiger partial charge in [-0.25, -0.2) is 0 Å². The molecule has 0 saturated carbocycles. The number of rotatable bonds is 5. The Morgan fingerprint density at radius 2 is 1.90 bits per heavy atom. The molecule has 108 valence electrons. The second-order valence-electron chi connectivity index (χ2n) is 5.38. The van der Waals surface area contributed by atoms with Crippen LogP contribution in [-0.4, -0.2) is 12.5 Å². The standard InChI is InChI=1S/C18H20N2O/c1-2-19-12-14-8-4-6-10-17(14)20-18(21)16-11-13-7-3-5-9-15(13)16/h3-10,16,19H,2,11-12H2,1H3,(H,20,21). The van der Waals surface area contributed by atoms with E-state index in [0.29, 0.717) is 0 Å². The molecule has 2 aromatic carbocycles. The van der Waals surface area contributed by atoms with Crippen molar-refractivity contribution in [3.8, 4) is 0 Å². The Bertz CT molecular complexity index is 651. The summed E-state index contributed by atoms with van der Waals surface area (Å²) in [5, 5.41) is 6.38. The van der Waals surface area contributed by atoms with Crippen LogP contribution in [0.1, 0.15) is 29.5 Å². The number of nitrogens with one attached hydrogen (secondary N) is 2. The molecule has 1 aliphatic carbocycles. The molecule has 0 aromatic heterocycles. The van der Waals surface area contributed by atoms with E-state index in [1.807, 2.05) is 42.5 Å². The minimum Gasteiger partial charge on any atom is -0.325 e. The highest BCUT2D eigenvalue weighted by Gasteiger charge is 2.31. The molecule has 3 nitrogen and oxygen atoms in total. The molecule has 21 heavy (non-hydrogen) atoms. The smallest absolute Gasteiger partial charge is 0.232 e. The summed E-state index contributed by atoms with van der Waals surface area (Å²) in [7, 11) is 0. The van der Waals surface area contributed by atoms with Gasteiger partial charge in [-0.2, -0.15) is 0 Å². The molecule has 2 aromatic rings. The summed E-state index contributed by atoms with van der Waals surface area (Å²) in [6.45, 7) is 3.76. The highest BCUT2D eigenvalue weighted by atomic mass is 16.1. The van der Waals surface area contributed by atoms with Crippen LogP contribution in [0.25, 0.3) is 0 Å². The average molecular weight is 280 g/mol. The summed E-state index contributed by atoms with van der Waals surface area (Å²) in [5.41, 5.74) is 4.49. The van der Waals surface area contributed by atoms with Crippen LogP contribution in [0.2, 0.25) is 0 Å². The molecule has 3 heteroatoms. The van der Waals surface area contributed by atoms with Crippen molar-refractivity contribution in [2.24, 2.45) is 0 Å². The fraction of sp³-hybridized carbons (Fsp3) is 0.278. The molecule has 0 fully saturated rings. The predicted octanol–water partition coefficient (Wildman–Crippen LogP) is 3.07. The van der Waals surface area contributed by atoms with Crippen LogP contribution in [0.15, 0.2) is 48.5 Å². The molecule has 1 unspecified atom stereocenters. The zero-order valence-corrected chi connectivity index (χ0v) is 12.2. The van der Waals surface area contributed by atoms with Gasteiger partial charge in [0.25, 0.3) is 0 Å². The first kappa shape index (κ1) is 13.8. The molecular weight excluding hydrogens is 260 g/mol. The highest BCUT2D eigenvalue weighted by molar-refractivity contribution is 5.98. The van der Waals surface area contributed by atoms with Crippen molar-refractivity contribution in [3.05, 3.63) is 65.2 Å². The van der Waals surface area contributed by atoms with E-state index in [4.69, 9.17) is 0 Å². The molecule has 0 radical (unpaired) electrons. The second-order valence-corrected chi connectivity index (χ2v) is 5.38. The van der Waals surface area contributed by atoms with Crippen LogP contribution in [0.3, 0.4) is 0 Å². The van der Waals surface area contributed by atoms with Gasteiger partial charge in [-0.1, -0.05) is 49.4 Å². The number of hydrogen-bond acceptors (Lipinski definition) is 2. The number of benzene rings is 2. The zero-order valence-electron chi connectivity index (χ0n) is 12.2. The van der Waals surface area contributed by atoms with Crippen LogP contribution in [0.5, 0.6) is 0 Å². The van der Waals surface area contributed by atoms with E-state index in [1.54, 1.807) is 0 Å². The molecule has 1 atom stereocenters. The number of fused-ring (bicyclic) bond motifs is 1. The summed E-state index contributed by atoms with van der Waals surface area (Å²) in [5.74, 6) is 0.0889. The predicted molar refractivity (Wildman–Crippen MR) is 85.3 cm³/mol. The first-order chi connectivity index (χ1) is 10.3. The Kier molecular flexibility index (Phi) is 4.02. The monoisotopic (exact) mass is 280 g/mol. The van der Waals surface area contributed by atoms with Crippen molar-refractivity contribution in [2.45, 2.75) is 25.8 Å². The third-order valence-corrected chi connectivity index (χ3v) is 4.01. The number of carbonyl (C=O) groups is 1. The van der Waals surface area contributed by atoms with Gasteiger partial charge in [0.05, 0.1) is 5.92 Å². The summed E-state index contributed by atoms with van der Waals surface area (Å²) < 4.78 is 0. The highest BCUT2D eigenvalue weighted by Crippen LogP contribution is 2.35. The zero-order chi connectivity index (χ0) is 14.7. The first-order valence-electron chi connectivity index (χ1n) is 7.47. The van der Waals surface area contributed by atoms with Crippen LogP contribution < -0.4 is 10.6 Å². The number of amides is 1. The van der Waals surface area contributed by atoms with Crippen LogP contribution in [0, 0.1) is 0 Å². The summed E-state index contributed by atoms with van der Waals surface area (Å²) in [6, 6.07) is 16.1. The maximum absolute atomic E-state index is 12.5. The molecule has 2 N–H and O–H groups in total. The van der Waals surface area contributed by atoms with E-state index in [-0.39, 0.29) is 11.8 Å². The lowest BCUT2D eigenvalue weighted by Crippen LogP contribution is -2.30. The van der Waals surface area contributed by atoms with Gasteiger partial charge >= 0.3 is 0 Å². The number of para-hydroxylation sites is 1. The molecule has 0 aliphatic heterocycles. The van der Waals surface area contributed by atoms with Crippen molar-refractivity contribution < 1.29 is 4.79 Å². The number of hydrogen-bond donors (Lipinski definition) is 2. The van der Waals surface area contributed by atoms with Gasteiger partial charge in [0, 0.05) is 12.2 Å². The minimum atomic E-state index is -0.00612. The van der Waals surface area contributed by atoms with Crippen molar-refractivity contribution >= 4 is 11.6 Å². The second kappa shape index (κ2) is 6.10. The van der Waals surface area contributed by atoms with E-state index >= 15 is 0 Å². The molecule has 0 heterocycles. The Morgan fingerprint density at radius 1 is 1.14 bits per heavy atom. The quantitative estimate of drug-likeness (QED) is 0.883. The van der Waals surface area contributed by atoms with Crippen molar-refractivity contribution in [1.82, 2.24) is 5.32 Å². The molecule has 0 bridgehead atoms. The molecule has 0 spiro atoms. The van der Waals surface area contributed by atoms with Gasteiger partial charge in [0.15, 0.2) is 0 Å². The fourth-order valence-corrected chi connectivity index (χ4v) is 2.77. The molecular formula is C18H20N2O. The first-order valence-corrected chi connectivity index (χ1v) is 7.47. The Hall–Kier alpha value is -2.13. The average Bonchev–Trinajstić information content (AvgIpc) is 2.47. The Labute approximate surface area is 125 Å². The minimum absolute atomic E-state index is 0.00612. The lowest BCUT2D eigenvalue weighted by Gasteiger charge is -2.29. The number of anilines is 1. The van der Waals surface area contributed by atoms with E-state index in [0.717, 1.165) is 30.8 Å². The van der Waals surface area contributed by atoms with E-state index in [9.17, 15) is 4.79 Å². The van der Waals surface area contributed by atoms with Gasteiger partial charge in [0.2, 0.25) is 5.91 Å². The van der Waals surface area contributed by atoms with E-state index in [1.165, 1.54) is 11.1 Å². The third kappa shape index (κ3) is 2.83. The topological polar surface area (TPSA) is 41.1 Å². The third-order valence-electron chi connectivity index (χ3n) is 4.01. The van der Waals surface area contributed by atoms with Crippen molar-refractivity contribution in [2.75, 3.05) is 11.9 Å². The van der Waals surface area contributed by atoms with Crippen molar-refractivity contribution in [3.63, 3.8) is 0 Å². The van der Waals surface area contributed by atoms with Gasteiger partial charge in [-0.3, -0.25) is 4.79 Å².